The van der Waals surface area contributed by atoms with Crippen molar-refractivity contribution in [3.05, 3.63) is 35.9 Å². The molecule has 4 nitrogen and oxygen atoms in total. The molecule has 23 heavy (non-hydrogen) atoms. The minimum Gasteiger partial charge on any atom is -0.381 e. The molecule has 1 aliphatic rings. The van der Waals surface area contributed by atoms with E-state index in [1.807, 2.05) is 18.2 Å². The lowest BCUT2D eigenvalue weighted by molar-refractivity contribution is -0.132. The number of nitriles is 1. The smallest absolute Gasteiger partial charge is 0.240 e. The molecule has 1 atom stereocenters. The summed E-state index contributed by atoms with van der Waals surface area (Å²) in [6, 6.07) is 12.6. The lowest BCUT2D eigenvalue weighted by Crippen LogP contribution is -2.45. The SMILES string of the molecule is CC(C)[C@H](CNC(=O)C1(C#N)CCOCC1)Cc1ccccc1. The zero-order valence-electron chi connectivity index (χ0n) is 14.0. The van der Waals surface area contributed by atoms with Crippen molar-refractivity contribution in [1.29, 1.82) is 5.26 Å². The van der Waals surface area contributed by atoms with Crippen LogP contribution in [0.25, 0.3) is 0 Å². The van der Waals surface area contributed by atoms with Crippen molar-refractivity contribution in [2.45, 2.75) is 33.1 Å². The largest absolute Gasteiger partial charge is 0.381 e. The molecule has 0 aromatic heterocycles. The summed E-state index contributed by atoms with van der Waals surface area (Å²) in [7, 11) is 0. The highest BCUT2D eigenvalue weighted by atomic mass is 16.5. The van der Waals surface area contributed by atoms with Crippen LogP contribution in [0.5, 0.6) is 0 Å². The second-order valence-electron chi connectivity index (χ2n) is 6.71. The molecule has 1 fully saturated rings. The number of carbonyl (C=O) groups excluding carboxylic acids is 1. The Kier molecular flexibility index (Phi) is 6.18. The number of hydrogen-bond acceptors (Lipinski definition) is 3. The van der Waals surface area contributed by atoms with E-state index in [-0.39, 0.29) is 5.91 Å². The summed E-state index contributed by atoms with van der Waals surface area (Å²) >= 11 is 0. The van der Waals surface area contributed by atoms with E-state index >= 15 is 0 Å². The maximum Gasteiger partial charge on any atom is 0.240 e. The average molecular weight is 314 g/mol. The number of rotatable bonds is 6. The fourth-order valence-corrected chi connectivity index (χ4v) is 2.96. The Morgan fingerprint density at radius 1 is 1.30 bits per heavy atom. The topological polar surface area (TPSA) is 62.1 Å². The van der Waals surface area contributed by atoms with Crippen molar-refractivity contribution in [3.8, 4) is 6.07 Å². The maximum atomic E-state index is 12.5. The number of nitrogens with zero attached hydrogens (tertiary/aromatic N) is 1. The fraction of sp³-hybridized carbons (Fsp3) is 0.579. The zero-order valence-corrected chi connectivity index (χ0v) is 14.0. The molecule has 0 bridgehead atoms. The van der Waals surface area contributed by atoms with Gasteiger partial charge in [0, 0.05) is 19.8 Å². The van der Waals surface area contributed by atoms with Gasteiger partial charge in [-0.25, -0.2) is 0 Å². The van der Waals surface area contributed by atoms with Gasteiger partial charge in [-0.1, -0.05) is 44.2 Å². The number of nitrogens with one attached hydrogen (secondary N) is 1. The van der Waals surface area contributed by atoms with Crippen LogP contribution in [0.15, 0.2) is 30.3 Å². The second kappa shape index (κ2) is 8.12. The van der Waals surface area contributed by atoms with E-state index in [1.54, 1.807) is 0 Å². The average Bonchev–Trinajstić information content (AvgIpc) is 2.59. The van der Waals surface area contributed by atoms with Crippen LogP contribution in [-0.4, -0.2) is 25.7 Å². The summed E-state index contributed by atoms with van der Waals surface area (Å²) < 4.78 is 5.29. The van der Waals surface area contributed by atoms with E-state index in [4.69, 9.17) is 4.74 Å². The van der Waals surface area contributed by atoms with Gasteiger partial charge in [-0.2, -0.15) is 5.26 Å². The van der Waals surface area contributed by atoms with E-state index < -0.39 is 5.41 Å². The van der Waals surface area contributed by atoms with Crippen molar-refractivity contribution in [3.63, 3.8) is 0 Å². The number of ether oxygens (including phenoxy) is 1. The maximum absolute atomic E-state index is 12.5. The number of benzene rings is 1. The summed E-state index contributed by atoms with van der Waals surface area (Å²) in [4.78, 5) is 12.5. The van der Waals surface area contributed by atoms with Gasteiger partial charge in [0.25, 0.3) is 0 Å². The first-order chi connectivity index (χ1) is 11.1. The van der Waals surface area contributed by atoms with E-state index in [0.29, 0.717) is 44.4 Å². The highest BCUT2D eigenvalue weighted by molar-refractivity contribution is 5.85. The third-order valence-electron chi connectivity index (χ3n) is 4.80. The lowest BCUT2D eigenvalue weighted by Gasteiger charge is -2.30. The fourth-order valence-electron chi connectivity index (χ4n) is 2.96. The Bertz CT molecular complexity index is 542. The number of carbonyl (C=O) groups is 1. The van der Waals surface area contributed by atoms with E-state index in [1.165, 1.54) is 5.56 Å². The van der Waals surface area contributed by atoms with Gasteiger partial charge >= 0.3 is 0 Å². The third-order valence-corrected chi connectivity index (χ3v) is 4.80. The van der Waals surface area contributed by atoms with Gasteiger partial charge in [0.2, 0.25) is 5.91 Å². The summed E-state index contributed by atoms with van der Waals surface area (Å²) in [5.41, 5.74) is 0.369. The molecule has 0 radical (unpaired) electrons. The minimum absolute atomic E-state index is 0.137. The zero-order chi connectivity index (χ0) is 16.7. The summed E-state index contributed by atoms with van der Waals surface area (Å²) in [6.45, 7) is 5.93. The molecular formula is C19H26N2O2. The molecule has 1 aromatic rings. The van der Waals surface area contributed by atoms with Crippen LogP contribution in [0.3, 0.4) is 0 Å². The molecule has 0 spiro atoms. The molecule has 1 N–H and O–H groups in total. The molecule has 0 aliphatic carbocycles. The van der Waals surface area contributed by atoms with Crippen molar-refractivity contribution < 1.29 is 9.53 Å². The quantitative estimate of drug-likeness (QED) is 0.878. The Morgan fingerprint density at radius 2 is 1.96 bits per heavy atom. The van der Waals surface area contributed by atoms with Gasteiger partial charge in [-0.05, 0) is 36.7 Å². The summed E-state index contributed by atoms with van der Waals surface area (Å²) in [5.74, 6) is 0.683. The first-order valence-corrected chi connectivity index (χ1v) is 8.38. The van der Waals surface area contributed by atoms with Crippen molar-refractivity contribution >= 4 is 5.91 Å². The second-order valence-corrected chi connectivity index (χ2v) is 6.71. The highest BCUT2D eigenvalue weighted by Crippen LogP contribution is 2.30. The molecule has 1 aliphatic heterocycles. The van der Waals surface area contributed by atoms with Crippen LogP contribution in [0, 0.1) is 28.6 Å². The predicted octanol–water partition coefficient (Wildman–Crippen LogP) is 2.94. The van der Waals surface area contributed by atoms with Gasteiger partial charge < -0.3 is 10.1 Å². The third kappa shape index (κ3) is 4.56. The number of amides is 1. The summed E-state index contributed by atoms with van der Waals surface area (Å²) in [6.07, 6.45) is 1.90. The van der Waals surface area contributed by atoms with Gasteiger partial charge in [-0.15, -0.1) is 0 Å². The van der Waals surface area contributed by atoms with Crippen LogP contribution in [0.1, 0.15) is 32.3 Å². The molecular weight excluding hydrogens is 288 g/mol. The Hall–Kier alpha value is -1.86. The lowest BCUT2D eigenvalue weighted by atomic mass is 9.80. The van der Waals surface area contributed by atoms with Crippen LogP contribution in [0.4, 0.5) is 0 Å². The Balaban J connectivity index is 1.95. The van der Waals surface area contributed by atoms with Crippen LogP contribution >= 0.6 is 0 Å². The van der Waals surface area contributed by atoms with Crippen molar-refractivity contribution in [2.75, 3.05) is 19.8 Å². The first-order valence-electron chi connectivity index (χ1n) is 8.38. The molecule has 124 valence electrons. The van der Waals surface area contributed by atoms with Gasteiger partial charge in [0.15, 0.2) is 0 Å². The van der Waals surface area contributed by atoms with Gasteiger partial charge in [0.05, 0.1) is 6.07 Å². The Morgan fingerprint density at radius 3 is 2.52 bits per heavy atom. The normalized spacial score (nSPS) is 18.2. The van der Waals surface area contributed by atoms with E-state index in [9.17, 15) is 10.1 Å². The van der Waals surface area contributed by atoms with Crippen molar-refractivity contribution in [1.82, 2.24) is 5.32 Å². The Labute approximate surface area is 138 Å². The molecule has 4 heteroatoms. The standard InChI is InChI=1S/C19H26N2O2/c1-15(2)17(12-16-6-4-3-5-7-16)13-21-18(22)19(14-20)8-10-23-11-9-19/h3-7,15,17H,8-13H2,1-2H3,(H,21,22)/t17-/m0/s1. The van der Waals surface area contributed by atoms with Crippen molar-refractivity contribution in [2.24, 2.45) is 17.3 Å². The van der Waals surface area contributed by atoms with Crippen LogP contribution < -0.4 is 5.32 Å². The minimum atomic E-state index is -0.910. The van der Waals surface area contributed by atoms with Gasteiger partial charge in [-0.3, -0.25) is 4.79 Å². The molecule has 1 saturated heterocycles. The predicted molar refractivity (Wildman–Crippen MR) is 89.6 cm³/mol. The van der Waals surface area contributed by atoms with Gasteiger partial charge in [0.1, 0.15) is 5.41 Å². The molecule has 0 saturated carbocycles. The molecule has 0 unspecified atom stereocenters. The molecule has 1 amide bonds. The molecule has 2 rings (SSSR count). The summed E-state index contributed by atoms with van der Waals surface area (Å²) in [5, 5.41) is 12.5. The first kappa shape index (κ1) is 17.5. The highest BCUT2D eigenvalue weighted by Gasteiger charge is 2.40. The molecule has 1 heterocycles. The monoisotopic (exact) mass is 314 g/mol. The van der Waals surface area contributed by atoms with Crippen LogP contribution in [0.2, 0.25) is 0 Å². The number of hydrogen-bond donors (Lipinski definition) is 1. The van der Waals surface area contributed by atoms with E-state index in [2.05, 4.69) is 37.4 Å². The van der Waals surface area contributed by atoms with E-state index in [0.717, 1.165) is 6.42 Å². The molecule has 1 aromatic carbocycles. The van der Waals surface area contributed by atoms with Crippen LogP contribution in [-0.2, 0) is 16.0 Å².